The SMILES string of the molecule is CCc1nn(CCCOC(=O)C2CCS(=O)(=O)CC2)c2c1C(=O)NCC1(CCOCC1)C2. The Hall–Kier alpha value is -1.94. The van der Waals surface area contributed by atoms with E-state index in [0.717, 1.165) is 30.7 Å². The van der Waals surface area contributed by atoms with Crippen molar-refractivity contribution in [2.75, 3.05) is 37.9 Å². The van der Waals surface area contributed by atoms with Crippen molar-refractivity contribution in [1.29, 1.82) is 0 Å². The van der Waals surface area contributed by atoms with Crippen molar-refractivity contribution in [2.45, 2.75) is 58.4 Å². The van der Waals surface area contributed by atoms with Crippen LogP contribution < -0.4 is 5.32 Å². The standard InChI is InChI=1S/C22H33N3O6S/c1-2-17-19-18(14-22(15-23-20(19)26)6-10-30-11-7-22)25(24-17)8-3-9-31-21(27)16-4-12-32(28,29)13-5-16/h16H,2-15H2,1H3,(H,23,26). The molecule has 0 aromatic carbocycles. The molecule has 0 radical (unpaired) electrons. The van der Waals surface area contributed by atoms with Crippen LogP contribution in [0.15, 0.2) is 0 Å². The highest BCUT2D eigenvalue weighted by molar-refractivity contribution is 7.91. The number of aryl methyl sites for hydroxylation is 2. The molecular formula is C22H33N3O6S. The maximum Gasteiger partial charge on any atom is 0.308 e. The van der Waals surface area contributed by atoms with Gasteiger partial charge in [0.15, 0.2) is 0 Å². The van der Waals surface area contributed by atoms with E-state index >= 15 is 0 Å². The topological polar surface area (TPSA) is 117 Å². The highest BCUT2D eigenvalue weighted by Gasteiger charge is 2.39. The molecule has 0 unspecified atom stereocenters. The zero-order chi connectivity index (χ0) is 22.8. The Morgan fingerprint density at radius 3 is 2.69 bits per heavy atom. The van der Waals surface area contributed by atoms with Gasteiger partial charge in [-0.2, -0.15) is 5.10 Å². The first-order valence-electron chi connectivity index (χ1n) is 11.6. The average Bonchev–Trinajstić information content (AvgIpc) is 3.05. The third kappa shape index (κ3) is 5.01. The predicted molar refractivity (Wildman–Crippen MR) is 117 cm³/mol. The van der Waals surface area contributed by atoms with Crippen LogP contribution in [0, 0.1) is 11.3 Å². The van der Waals surface area contributed by atoms with Gasteiger partial charge in [-0.05, 0) is 43.9 Å². The Balaban J connectivity index is 1.39. The van der Waals surface area contributed by atoms with Gasteiger partial charge in [-0.25, -0.2) is 8.42 Å². The molecule has 2 fully saturated rings. The molecular weight excluding hydrogens is 434 g/mol. The number of hydrogen-bond donors (Lipinski definition) is 1. The number of nitrogens with one attached hydrogen (secondary N) is 1. The lowest BCUT2D eigenvalue weighted by atomic mass is 9.76. The lowest BCUT2D eigenvalue weighted by Crippen LogP contribution is -2.40. The first-order valence-corrected chi connectivity index (χ1v) is 13.5. The average molecular weight is 468 g/mol. The Morgan fingerprint density at radius 2 is 2.00 bits per heavy atom. The molecule has 4 rings (SSSR count). The number of rotatable bonds is 6. The lowest BCUT2D eigenvalue weighted by Gasteiger charge is -2.36. The molecule has 178 valence electrons. The largest absolute Gasteiger partial charge is 0.465 e. The number of fused-ring (bicyclic) bond motifs is 1. The van der Waals surface area contributed by atoms with Crippen LogP contribution in [0.2, 0.25) is 0 Å². The normalized spacial score (nSPS) is 22.7. The van der Waals surface area contributed by atoms with Crippen molar-refractivity contribution < 1.29 is 27.5 Å². The fourth-order valence-electron chi connectivity index (χ4n) is 4.99. The number of sulfone groups is 1. The van der Waals surface area contributed by atoms with Crippen molar-refractivity contribution in [1.82, 2.24) is 15.1 Å². The predicted octanol–water partition coefficient (Wildman–Crippen LogP) is 1.29. The third-order valence-electron chi connectivity index (χ3n) is 7.06. The second-order valence-electron chi connectivity index (χ2n) is 9.26. The second-order valence-corrected chi connectivity index (χ2v) is 11.6. The highest BCUT2D eigenvalue weighted by atomic mass is 32.2. The van der Waals surface area contributed by atoms with E-state index in [2.05, 4.69) is 5.32 Å². The van der Waals surface area contributed by atoms with E-state index in [9.17, 15) is 18.0 Å². The zero-order valence-corrected chi connectivity index (χ0v) is 19.5. The number of ether oxygens (including phenoxy) is 2. The molecule has 1 amide bonds. The minimum absolute atomic E-state index is 0.00423. The summed E-state index contributed by atoms with van der Waals surface area (Å²) in [4.78, 5) is 25.1. The van der Waals surface area contributed by atoms with Crippen LogP contribution in [0.25, 0.3) is 0 Å². The van der Waals surface area contributed by atoms with Gasteiger partial charge in [0, 0.05) is 32.7 Å². The van der Waals surface area contributed by atoms with E-state index in [-0.39, 0.29) is 41.3 Å². The third-order valence-corrected chi connectivity index (χ3v) is 8.77. The molecule has 1 aromatic heterocycles. The number of nitrogens with zero attached hydrogens (tertiary/aromatic N) is 2. The van der Waals surface area contributed by atoms with Crippen molar-refractivity contribution >= 4 is 21.7 Å². The first-order chi connectivity index (χ1) is 15.3. The van der Waals surface area contributed by atoms with Gasteiger partial charge in [-0.1, -0.05) is 6.92 Å². The quantitative estimate of drug-likeness (QED) is 0.495. The number of carbonyl (C=O) groups is 2. The number of esters is 1. The number of aromatic nitrogens is 2. The lowest BCUT2D eigenvalue weighted by molar-refractivity contribution is -0.149. The van der Waals surface area contributed by atoms with Crippen LogP contribution in [-0.2, 0) is 43.5 Å². The van der Waals surface area contributed by atoms with Gasteiger partial charge in [-0.15, -0.1) is 0 Å². The number of hydrogen-bond acceptors (Lipinski definition) is 7. The molecule has 32 heavy (non-hydrogen) atoms. The van der Waals surface area contributed by atoms with Gasteiger partial charge < -0.3 is 14.8 Å². The van der Waals surface area contributed by atoms with Crippen LogP contribution >= 0.6 is 0 Å². The van der Waals surface area contributed by atoms with Crippen molar-refractivity contribution in [3.05, 3.63) is 17.0 Å². The van der Waals surface area contributed by atoms with Gasteiger partial charge in [0.1, 0.15) is 9.84 Å². The van der Waals surface area contributed by atoms with Crippen LogP contribution in [0.5, 0.6) is 0 Å². The zero-order valence-electron chi connectivity index (χ0n) is 18.7. The fraction of sp³-hybridized carbons (Fsp3) is 0.773. The number of carbonyl (C=O) groups excluding carboxylic acids is 2. The van der Waals surface area contributed by atoms with Crippen molar-refractivity contribution in [3.63, 3.8) is 0 Å². The smallest absolute Gasteiger partial charge is 0.308 e. The summed E-state index contributed by atoms with van der Waals surface area (Å²) in [7, 11) is -3.00. The molecule has 3 aliphatic rings. The Kier molecular flexibility index (Phi) is 6.90. The Labute approximate surface area is 189 Å². The maximum absolute atomic E-state index is 12.9. The summed E-state index contributed by atoms with van der Waals surface area (Å²) in [6, 6.07) is 0. The van der Waals surface area contributed by atoms with Crippen molar-refractivity contribution in [3.8, 4) is 0 Å². The summed E-state index contributed by atoms with van der Waals surface area (Å²) in [5.41, 5.74) is 2.48. The maximum atomic E-state index is 12.9. The van der Waals surface area contributed by atoms with Crippen LogP contribution in [-0.4, -0.2) is 67.9 Å². The molecule has 3 aliphatic heterocycles. The molecule has 10 heteroatoms. The van der Waals surface area contributed by atoms with Crippen LogP contribution in [0.1, 0.15) is 60.8 Å². The Bertz CT molecular complexity index is 951. The van der Waals surface area contributed by atoms with E-state index in [1.807, 2.05) is 11.6 Å². The molecule has 1 spiro atoms. The number of amides is 1. The van der Waals surface area contributed by atoms with Gasteiger partial charge in [-0.3, -0.25) is 14.3 Å². The summed E-state index contributed by atoms with van der Waals surface area (Å²) < 4.78 is 36.0. The molecule has 1 aromatic rings. The highest BCUT2D eigenvalue weighted by Crippen LogP contribution is 2.37. The van der Waals surface area contributed by atoms with E-state index in [4.69, 9.17) is 14.6 Å². The van der Waals surface area contributed by atoms with Crippen LogP contribution in [0.4, 0.5) is 0 Å². The summed E-state index contributed by atoms with van der Waals surface area (Å²) in [5, 5.41) is 7.83. The molecule has 2 saturated heterocycles. The summed E-state index contributed by atoms with van der Waals surface area (Å²) >= 11 is 0. The molecule has 0 saturated carbocycles. The molecule has 0 atom stereocenters. The van der Waals surface area contributed by atoms with Gasteiger partial charge in [0.25, 0.3) is 5.91 Å². The van der Waals surface area contributed by atoms with Crippen molar-refractivity contribution in [2.24, 2.45) is 11.3 Å². The van der Waals surface area contributed by atoms with E-state index < -0.39 is 9.84 Å². The fourth-order valence-corrected chi connectivity index (χ4v) is 6.48. The van der Waals surface area contributed by atoms with E-state index in [1.54, 1.807) is 0 Å². The molecule has 4 heterocycles. The summed E-state index contributed by atoms with van der Waals surface area (Å²) in [5.74, 6) is -0.579. The first kappa shape index (κ1) is 23.2. The Morgan fingerprint density at radius 1 is 1.28 bits per heavy atom. The molecule has 1 N–H and O–H groups in total. The van der Waals surface area contributed by atoms with E-state index in [1.165, 1.54) is 0 Å². The van der Waals surface area contributed by atoms with Gasteiger partial charge >= 0.3 is 5.97 Å². The van der Waals surface area contributed by atoms with Gasteiger partial charge in [0.2, 0.25) is 0 Å². The van der Waals surface area contributed by atoms with E-state index in [0.29, 0.717) is 57.6 Å². The van der Waals surface area contributed by atoms with Gasteiger partial charge in [0.05, 0.1) is 41.0 Å². The molecule has 0 bridgehead atoms. The second kappa shape index (κ2) is 9.51. The monoisotopic (exact) mass is 467 g/mol. The van der Waals surface area contributed by atoms with Crippen LogP contribution in [0.3, 0.4) is 0 Å². The minimum Gasteiger partial charge on any atom is -0.465 e. The minimum atomic E-state index is -3.00. The summed E-state index contributed by atoms with van der Waals surface area (Å²) in [6.45, 7) is 4.89. The molecule has 0 aliphatic carbocycles. The molecule has 9 nitrogen and oxygen atoms in total. The summed E-state index contributed by atoms with van der Waals surface area (Å²) in [6.07, 6.45) is 4.56.